The van der Waals surface area contributed by atoms with Crippen molar-refractivity contribution in [3.63, 3.8) is 0 Å². The van der Waals surface area contributed by atoms with Gasteiger partial charge in [-0.2, -0.15) is 0 Å². The van der Waals surface area contributed by atoms with Crippen LogP contribution in [0.3, 0.4) is 0 Å². The van der Waals surface area contributed by atoms with Crippen LogP contribution in [0.25, 0.3) is 0 Å². The van der Waals surface area contributed by atoms with Crippen molar-refractivity contribution in [3.05, 3.63) is 0 Å². The fourth-order valence-electron chi connectivity index (χ4n) is 0.475. The first kappa shape index (κ1) is 10.9. The van der Waals surface area contributed by atoms with Crippen LogP contribution >= 0.6 is 0 Å². The van der Waals surface area contributed by atoms with E-state index in [0.29, 0.717) is 0 Å². The Labute approximate surface area is 68.0 Å². The van der Waals surface area contributed by atoms with Gasteiger partial charge in [0.1, 0.15) is 6.10 Å². The molecule has 0 saturated carbocycles. The molecule has 0 spiro atoms. The Kier molecular flexibility index (Phi) is 4.00. The molecule has 2 unspecified atom stereocenters. The Balaban J connectivity index is 3.54. The van der Waals surface area contributed by atoms with Crippen LogP contribution in [0.2, 0.25) is 0 Å². The van der Waals surface area contributed by atoms with Crippen molar-refractivity contribution >= 4 is 0 Å². The van der Waals surface area contributed by atoms with E-state index in [0.717, 1.165) is 0 Å². The zero-order valence-corrected chi connectivity index (χ0v) is 7.66. The first-order valence-electron chi connectivity index (χ1n) is 3.83. The average molecular weight is 162 g/mol. The van der Waals surface area contributed by atoms with Gasteiger partial charge in [-0.05, 0) is 27.7 Å². The molecule has 0 bridgehead atoms. The average Bonchev–Trinajstić information content (AvgIpc) is 1.80. The van der Waals surface area contributed by atoms with Gasteiger partial charge in [-0.3, -0.25) is 0 Å². The quantitative estimate of drug-likeness (QED) is 0.637. The highest BCUT2D eigenvalue weighted by atomic mass is 16.5. The lowest BCUT2D eigenvalue weighted by molar-refractivity contribution is -0.0804. The summed E-state index contributed by atoms with van der Waals surface area (Å²) in [6, 6.07) is 0. The maximum absolute atomic E-state index is 9.11. The van der Waals surface area contributed by atoms with Gasteiger partial charge in [0.15, 0.2) is 0 Å². The standard InChI is InChI=1S/C8H18O3/c1-6(9)7(10)5-11-8(2,3)4/h6-7,9-10H,5H2,1-4H3. The molecule has 0 aliphatic carbocycles. The fourth-order valence-corrected chi connectivity index (χ4v) is 0.475. The van der Waals surface area contributed by atoms with Crippen molar-refractivity contribution in [1.29, 1.82) is 0 Å². The number of hydrogen-bond donors (Lipinski definition) is 2. The highest BCUT2D eigenvalue weighted by Gasteiger charge is 2.16. The molecule has 0 aromatic heterocycles. The molecule has 3 nitrogen and oxygen atoms in total. The van der Waals surface area contributed by atoms with Crippen molar-refractivity contribution in [2.24, 2.45) is 0 Å². The fraction of sp³-hybridized carbons (Fsp3) is 1.00. The molecule has 0 fully saturated rings. The van der Waals surface area contributed by atoms with Gasteiger partial charge in [0.05, 0.1) is 18.3 Å². The van der Waals surface area contributed by atoms with Crippen molar-refractivity contribution in [1.82, 2.24) is 0 Å². The second-order valence-corrected chi connectivity index (χ2v) is 3.73. The Morgan fingerprint density at radius 2 is 1.73 bits per heavy atom. The molecule has 2 N–H and O–H groups in total. The summed E-state index contributed by atoms with van der Waals surface area (Å²) in [4.78, 5) is 0. The molecule has 0 heterocycles. The topological polar surface area (TPSA) is 49.7 Å². The van der Waals surface area contributed by atoms with Crippen LogP contribution in [0, 0.1) is 0 Å². The SMILES string of the molecule is CC(O)C(O)COC(C)(C)C. The number of aliphatic hydroxyl groups excluding tert-OH is 2. The smallest absolute Gasteiger partial charge is 0.103 e. The molecule has 0 aliphatic rings. The molecule has 2 atom stereocenters. The molecule has 0 saturated heterocycles. The normalized spacial score (nSPS) is 18.0. The minimum atomic E-state index is -0.783. The summed E-state index contributed by atoms with van der Waals surface area (Å²) in [5.41, 5.74) is -0.254. The Morgan fingerprint density at radius 3 is 2.00 bits per heavy atom. The highest BCUT2D eigenvalue weighted by Crippen LogP contribution is 2.07. The van der Waals surface area contributed by atoms with Crippen molar-refractivity contribution in [3.8, 4) is 0 Å². The second kappa shape index (κ2) is 4.04. The molecular weight excluding hydrogens is 144 g/mol. The van der Waals surface area contributed by atoms with Gasteiger partial charge in [0.25, 0.3) is 0 Å². The van der Waals surface area contributed by atoms with Gasteiger partial charge >= 0.3 is 0 Å². The molecule has 0 aromatic carbocycles. The minimum absolute atomic E-state index is 0.182. The summed E-state index contributed by atoms with van der Waals surface area (Å²) in [5, 5.41) is 18.0. The monoisotopic (exact) mass is 162 g/mol. The zero-order valence-electron chi connectivity index (χ0n) is 7.66. The molecule has 0 amide bonds. The number of hydrogen-bond acceptors (Lipinski definition) is 3. The predicted octanol–water partition coefficient (Wildman–Crippen LogP) is 0.543. The van der Waals surface area contributed by atoms with Crippen molar-refractivity contribution < 1.29 is 14.9 Å². The first-order chi connectivity index (χ1) is 4.83. The summed E-state index contributed by atoms with van der Waals surface area (Å²) in [5.74, 6) is 0. The van der Waals surface area contributed by atoms with Crippen LogP contribution < -0.4 is 0 Å². The Hall–Kier alpha value is -0.120. The van der Waals surface area contributed by atoms with E-state index in [-0.39, 0.29) is 12.2 Å². The number of aliphatic hydroxyl groups is 2. The summed E-state index contributed by atoms with van der Waals surface area (Å²) >= 11 is 0. The molecule has 0 rings (SSSR count). The van der Waals surface area contributed by atoms with Crippen LogP contribution in [0.4, 0.5) is 0 Å². The van der Waals surface area contributed by atoms with E-state index in [1.54, 1.807) is 0 Å². The first-order valence-corrected chi connectivity index (χ1v) is 3.83. The van der Waals surface area contributed by atoms with Crippen LogP contribution in [-0.2, 0) is 4.74 Å². The lowest BCUT2D eigenvalue weighted by atomic mass is 10.2. The van der Waals surface area contributed by atoms with E-state index in [4.69, 9.17) is 14.9 Å². The van der Waals surface area contributed by atoms with Crippen molar-refractivity contribution in [2.45, 2.75) is 45.5 Å². The third kappa shape index (κ3) is 6.28. The zero-order chi connectivity index (χ0) is 9.07. The molecule has 0 aromatic rings. The lowest BCUT2D eigenvalue weighted by Gasteiger charge is -2.22. The van der Waals surface area contributed by atoms with E-state index >= 15 is 0 Å². The second-order valence-electron chi connectivity index (χ2n) is 3.73. The summed E-state index contributed by atoms with van der Waals surface area (Å²) < 4.78 is 5.24. The number of ether oxygens (including phenoxy) is 1. The van der Waals surface area contributed by atoms with Gasteiger partial charge in [-0.25, -0.2) is 0 Å². The van der Waals surface area contributed by atoms with E-state index in [1.165, 1.54) is 6.92 Å². The lowest BCUT2D eigenvalue weighted by Crippen LogP contribution is -2.32. The van der Waals surface area contributed by atoms with E-state index < -0.39 is 12.2 Å². The minimum Gasteiger partial charge on any atom is -0.391 e. The van der Waals surface area contributed by atoms with Crippen LogP contribution in [-0.4, -0.2) is 34.6 Å². The molecule has 68 valence electrons. The molecule has 11 heavy (non-hydrogen) atoms. The van der Waals surface area contributed by atoms with E-state index in [9.17, 15) is 0 Å². The molecule has 0 radical (unpaired) electrons. The summed E-state index contributed by atoms with van der Waals surface area (Å²) in [6.45, 7) is 7.43. The summed E-state index contributed by atoms with van der Waals surface area (Å²) in [6.07, 6.45) is -1.51. The maximum Gasteiger partial charge on any atom is 0.103 e. The third-order valence-electron chi connectivity index (χ3n) is 1.24. The molecule has 0 aliphatic heterocycles. The van der Waals surface area contributed by atoms with Crippen LogP contribution in [0.15, 0.2) is 0 Å². The van der Waals surface area contributed by atoms with Gasteiger partial charge in [-0.1, -0.05) is 0 Å². The van der Waals surface area contributed by atoms with Gasteiger partial charge < -0.3 is 14.9 Å². The predicted molar refractivity (Wildman–Crippen MR) is 43.4 cm³/mol. The molecule has 3 heteroatoms. The Bertz CT molecular complexity index is 104. The Morgan fingerprint density at radius 1 is 1.27 bits per heavy atom. The van der Waals surface area contributed by atoms with Gasteiger partial charge in [0, 0.05) is 0 Å². The molecular formula is C8H18O3. The number of rotatable bonds is 3. The largest absolute Gasteiger partial charge is 0.391 e. The summed E-state index contributed by atoms with van der Waals surface area (Å²) in [7, 11) is 0. The van der Waals surface area contributed by atoms with E-state index in [2.05, 4.69) is 0 Å². The van der Waals surface area contributed by atoms with Gasteiger partial charge in [0.2, 0.25) is 0 Å². The van der Waals surface area contributed by atoms with Gasteiger partial charge in [-0.15, -0.1) is 0 Å². The van der Waals surface area contributed by atoms with Crippen LogP contribution in [0.1, 0.15) is 27.7 Å². The third-order valence-corrected chi connectivity index (χ3v) is 1.24. The van der Waals surface area contributed by atoms with E-state index in [1.807, 2.05) is 20.8 Å². The van der Waals surface area contributed by atoms with Crippen molar-refractivity contribution in [2.75, 3.05) is 6.61 Å². The van der Waals surface area contributed by atoms with Crippen LogP contribution in [0.5, 0.6) is 0 Å². The highest BCUT2D eigenvalue weighted by molar-refractivity contribution is 4.65. The maximum atomic E-state index is 9.11.